The quantitative estimate of drug-likeness (QED) is 0.602. The number of hydrogen-bond donors (Lipinski definition) is 3. The Hall–Kier alpha value is -1.38. The smallest absolute Gasteiger partial charge is 0.193 e. The van der Waals surface area contributed by atoms with Crippen molar-refractivity contribution in [2.45, 2.75) is 83.1 Å². The first-order valence-electron chi connectivity index (χ1n) is 11.9. The van der Waals surface area contributed by atoms with Gasteiger partial charge in [0, 0.05) is 16.7 Å². The highest BCUT2D eigenvalue weighted by Crippen LogP contribution is 2.69. The maximum absolute atomic E-state index is 13.2. The minimum atomic E-state index is -1.29. The topological polar surface area (TPSA) is 113 Å². The summed E-state index contributed by atoms with van der Waals surface area (Å²) in [5.41, 5.74) is -1.98. The summed E-state index contributed by atoms with van der Waals surface area (Å²) < 4.78 is 12.6. The Morgan fingerprint density at radius 2 is 2.00 bits per heavy atom. The minimum Gasteiger partial charge on any atom is -0.393 e. The van der Waals surface area contributed by atoms with Gasteiger partial charge in [0.2, 0.25) is 0 Å². The second kappa shape index (κ2) is 7.31. The maximum atomic E-state index is 13.2. The number of carbonyl (C=O) groups excluding carboxylic acids is 2. The molecule has 1 aliphatic heterocycles. The van der Waals surface area contributed by atoms with Gasteiger partial charge >= 0.3 is 0 Å². The highest BCUT2D eigenvalue weighted by atomic mass is 16.7. The van der Waals surface area contributed by atoms with E-state index in [-0.39, 0.29) is 29.3 Å². The van der Waals surface area contributed by atoms with Crippen molar-refractivity contribution in [2.75, 3.05) is 6.61 Å². The molecular formula is C25H34O7. The van der Waals surface area contributed by atoms with Gasteiger partial charge in [-0.25, -0.2) is 0 Å². The van der Waals surface area contributed by atoms with Crippen LogP contribution in [0.2, 0.25) is 0 Å². The molecule has 5 aliphatic rings. The van der Waals surface area contributed by atoms with E-state index in [4.69, 9.17) is 9.47 Å². The molecule has 0 spiro atoms. The first kappa shape index (κ1) is 22.4. The van der Waals surface area contributed by atoms with Crippen LogP contribution in [0.5, 0.6) is 0 Å². The van der Waals surface area contributed by atoms with Crippen molar-refractivity contribution in [1.82, 2.24) is 0 Å². The lowest BCUT2D eigenvalue weighted by Gasteiger charge is -2.60. The zero-order valence-electron chi connectivity index (χ0n) is 19.0. The van der Waals surface area contributed by atoms with Crippen molar-refractivity contribution in [3.05, 3.63) is 23.8 Å². The Kier molecular flexibility index (Phi) is 5.12. The number of hydrogen-bond acceptors (Lipinski definition) is 7. The summed E-state index contributed by atoms with van der Waals surface area (Å²) in [7, 11) is 0. The number of ether oxygens (including phenoxy) is 2. The average Bonchev–Trinajstić information content (AvgIpc) is 3.21. The van der Waals surface area contributed by atoms with E-state index in [0.717, 1.165) is 6.42 Å². The zero-order chi connectivity index (χ0) is 23.1. The fourth-order valence-corrected chi connectivity index (χ4v) is 8.18. The Morgan fingerprint density at radius 1 is 1.25 bits per heavy atom. The molecule has 3 saturated carbocycles. The molecule has 7 heteroatoms. The summed E-state index contributed by atoms with van der Waals surface area (Å²) >= 11 is 0. The Labute approximate surface area is 188 Å². The predicted molar refractivity (Wildman–Crippen MR) is 114 cm³/mol. The second-order valence-corrected chi connectivity index (χ2v) is 10.9. The Bertz CT molecular complexity index is 895. The van der Waals surface area contributed by atoms with E-state index in [0.29, 0.717) is 31.3 Å². The lowest BCUT2D eigenvalue weighted by molar-refractivity contribution is -0.203. The lowest BCUT2D eigenvalue weighted by atomic mass is 9.45. The number of ketones is 2. The third kappa shape index (κ3) is 2.66. The zero-order valence-corrected chi connectivity index (χ0v) is 19.0. The lowest BCUT2D eigenvalue weighted by Crippen LogP contribution is -2.64. The van der Waals surface area contributed by atoms with Crippen molar-refractivity contribution in [2.24, 2.45) is 28.6 Å². The highest BCUT2D eigenvalue weighted by Gasteiger charge is 2.76. The van der Waals surface area contributed by atoms with Crippen LogP contribution in [0.1, 0.15) is 52.9 Å². The molecule has 3 unspecified atom stereocenters. The van der Waals surface area contributed by atoms with Crippen molar-refractivity contribution in [1.29, 1.82) is 0 Å². The number of allylic oxidation sites excluding steroid dienone is 3. The van der Waals surface area contributed by atoms with Crippen molar-refractivity contribution < 1.29 is 34.4 Å². The van der Waals surface area contributed by atoms with Crippen molar-refractivity contribution in [3.8, 4) is 0 Å². The Morgan fingerprint density at radius 3 is 2.69 bits per heavy atom. The number of aliphatic hydroxyl groups excluding tert-OH is 3. The van der Waals surface area contributed by atoms with E-state index in [1.807, 2.05) is 26.8 Å². The van der Waals surface area contributed by atoms with Gasteiger partial charge in [-0.3, -0.25) is 9.59 Å². The van der Waals surface area contributed by atoms with Gasteiger partial charge in [-0.05, 0) is 55.2 Å². The highest BCUT2D eigenvalue weighted by molar-refractivity contribution is 6.01. The summed E-state index contributed by atoms with van der Waals surface area (Å²) in [6, 6.07) is 0. The molecule has 4 aliphatic carbocycles. The largest absolute Gasteiger partial charge is 0.393 e. The molecule has 1 heterocycles. The van der Waals surface area contributed by atoms with Crippen molar-refractivity contribution >= 4 is 11.6 Å². The summed E-state index contributed by atoms with van der Waals surface area (Å²) in [4.78, 5) is 25.3. The van der Waals surface area contributed by atoms with E-state index in [9.17, 15) is 24.9 Å². The van der Waals surface area contributed by atoms with Crippen LogP contribution in [0, 0.1) is 28.6 Å². The molecule has 1 saturated heterocycles. The number of fused-ring (bicyclic) bond motifs is 7. The van der Waals surface area contributed by atoms with Gasteiger partial charge < -0.3 is 24.8 Å². The third-order valence-corrected chi connectivity index (χ3v) is 9.39. The molecular weight excluding hydrogens is 412 g/mol. The van der Waals surface area contributed by atoms with E-state index in [1.54, 1.807) is 0 Å². The number of rotatable bonds is 4. The third-order valence-electron chi connectivity index (χ3n) is 9.39. The van der Waals surface area contributed by atoms with Gasteiger partial charge in [-0.15, -0.1) is 0 Å². The molecule has 0 aromatic carbocycles. The SMILES string of the molecule is CCCC1OC2C[C@H]3[C@@H]4C[C@H](O)C5=CC(=O)C=C[C@]5(C)[C@H]4[C@@H](O)C[C@]3(C)C2(C(=O)CO)O1. The molecule has 7 nitrogen and oxygen atoms in total. The van der Waals surface area contributed by atoms with Gasteiger partial charge in [0.05, 0.1) is 18.3 Å². The van der Waals surface area contributed by atoms with Crippen molar-refractivity contribution in [3.63, 3.8) is 0 Å². The first-order chi connectivity index (χ1) is 15.1. The standard InChI is InChI=1S/C25H34O7/c1-4-5-21-31-20-10-15-14-9-17(28)16-8-13(27)6-7-23(16,2)22(14)18(29)11-24(15,3)25(20,32-21)19(30)12-26/h6-8,14-15,17-18,20-22,26,28-29H,4-5,9-12H2,1-3H3/t14-,15-,17-,18-,20?,21?,22+,23-,24-,25?/m0/s1. The van der Waals surface area contributed by atoms with Crippen LogP contribution in [0.15, 0.2) is 23.8 Å². The molecule has 0 radical (unpaired) electrons. The van der Waals surface area contributed by atoms with E-state index in [1.165, 1.54) is 12.2 Å². The Balaban J connectivity index is 1.58. The summed E-state index contributed by atoms with van der Waals surface area (Å²) in [6.07, 6.45) is 5.21. The van der Waals surface area contributed by atoms with Gasteiger partial charge in [0.25, 0.3) is 0 Å². The molecule has 0 aromatic rings. The van der Waals surface area contributed by atoms with Gasteiger partial charge in [0.15, 0.2) is 23.5 Å². The number of Topliss-reactive ketones (excluding diaryl/α,β-unsaturated/α-hetero) is 1. The van der Waals surface area contributed by atoms with Crippen LogP contribution < -0.4 is 0 Å². The average molecular weight is 447 g/mol. The molecule has 5 rings (SSSR count). The fraction of sp³-hybridized carbons (Fsp3) is 0.760. The van der Waals surface area contributed by atoms with E-state index < -0.39 is 47.6 Å². The first-order valence-corrected chi connectivity index (χ1v) is 11.9. The molecule has 3 N–H and O–H groups in total. The van der Waals surface area contributed by atoms with Crippen LogP contribution >= 0.6 is 0 Å². The monoisotopic (exact) mass is 446 g/mol. The second-order valence-electron chi connectivity index (χ2n) is 10.9. The summed E-state index contributed by atoms with van der Waals surface area (Å²) in [5, 5.41) is 32.5. The summed E-state index contributed by atoms with van der Waals surface area (Å²) in [6.45, 7) is 5.37. The van der Waals surface area contributed by atoms with Gasteiger partial charge in [-0.1, -0.05) is 33.3 Å². The fourth-order valence-electron chi connectivity index (χ4n) is 8.18. The van der Waals surface area contributed by atoms with E-state index in [2.05, 4.69) is 0 Å². The predicted octanol–water partition coefficient (Wildman–Crippen LogP) is 1.69. The molecule has 176 valence electrons. The van der Waals surface area contributed by atoms with E-state index >= 15 is 0 Å². The molecule has 4 fully saturated rings. The van der Waals surface area contributed by atoms with Gasteiger partial charge in [0.1, 0.15) is 6.61 Å². The van der Waals surface area contributed by atoms with Crippen LogP contribution in [-0.2, 0) is 19.1 Å². The number of aliphatic hydroxyl groups is 3. The normalized spacial score (nSPS) is 51.5. The molecule has 0 amide bonds. The number of carbonyl (C=O) groups is 2. The summed E-state index contributed by atoms with van der Waals surface area (Å²) in [5.74, 6) is -0.825. The molecule has 32 heavy (non-hydrogen) atoms. The molecule has 0 aromatic heterocycles. The van der Waals surface area contributed by atoms with Crippen LogP contribution in [0.25, 0.3) is 0 Å². The maximum Gasteiger partial charge on any atom is 0.193 e. The van der Waals surface area contributed by atoms with Crippen LogP contribution in [0.3, 0.4) is 0 Å². The van der Waals surface area contributed by atoms with Crippen LogP contribution in [0.4, 0.5) is 0 Å². The molecule has 10 atom stereocenters. The minimum absolute atomic E-state index is 0.0296. The molecule has 0 bridgehead atoms. The van der Waals surface area contributed by atoms with Gasteiger partial charge in [-0.2, -0.15) is 0 Å². The van der Waals surface area contributed by atoms with Crippen LogP contribution in [-0.4, -0.2) is 63.7 Å².